The molecule has 8 heteroatoms. The van der Waals surface area contributed by atoms with Crippen LogP contribution in [0.15, 0.2) is 18.2 Å². The topological polar surface area (TPSA) is 76.6 Å². The molecule has 1 aromatic heterocycles. The Bertz CT molecular complexity index is 789. The largest absolute Gasteiger partial charge is 0.483 e. The van der Waals surface area contributed by atoms with Crippen LogP contribution in [0.4, 0.5) is 5.13 Å². The van der Waals surface area contributed by atoms with Gasteiger partial charge in [0.25, 0.3) is 0 Å². The summed E-state index contributed by atoms with van der Waals surface area (Å²) < 4.78 is 11.4. The summed E-state index contributed by atoms with van der Waals surface area (Å²) in [4.78, 5) is 14.6. The van der Waals surface area contributed by atoms with E-state index >= 15 is 0 Å². The summed E-state index contributed by atoms with van der Waals surface area (Å²) in [6.45, 7) is 10.8. The number of hydrogen-bond donors (Lipinski definition) is 1. The van der Waals surface area contributed by atoms with Crippen LogP contribution in [0.5, 0.6) is 5.75 Å². The van der Waals surface area contributed by atoms with Gasteiger partial charge in [-0.25, -0.2) is 0 Å². The number of morpholine rings is 1. The number of carbonyl (C=O) groups is 1. The third-order valence-electron chi connectivity index (χ3n) is 4.85. The number of carbonyl (C=O) groups excluding carboxylic acids is 1. The highest BCUT2D eigenvalue weighted by atomic mass is 32.1. The number of aryl methyl sites for hydroxylation is 1. The molecule has 146 valence electrons. The van der Waals surface area contributed by atoms with Crippen molar-refractivity contribution in [3.05, 3.63) is 34.3 Å². The van der Waals surface area contributed by atoms with E-state index in [-0.39, 0.29) is 18.1 Å². The van der Waals surface area contributed by atoms with Gasteiger partial charge in [0.15, 0.2) is 5.01 Å². The highest BCUT2D eigenvalue weighted by Gasteiger charge is 2.24. The molecule has 0 spiro atoms. The molecular weight excluding hydrogens is 364 g/mol. The monoisotopic (exact) mass is 390 g/mol. The zero-order valence-electron chi connectivity index (χ0n) is 16.2. The highest BCUT2D eigenvalue weighted by molar-refractivity contribution is 7.15. The SMILES string of the molecule is Cc1cccc(OC(C)c2nnc(NC(=O)C(C)N3CCOCC3)s2)c1C. The summed E-state index contributed by atoms with van der Waals surface area (Å²) in [5, 5.41) is 12.4. The molecule has 0 aliphatic carbocycles. The molecule has 1 N–H and O–H groups in total. The first-order valence-corrected chi connectivity index (χ1v) is 9.96. The van der Waals surface area contributed by atoms with E-state index in [0.29, 0.717) is 18.3 Å². The van der Waals surface area contributed by atoms with Crippen LogP contribution in [-0.4, -0.2) is 53.3 Å². The van der Waals surface area contributed by atoms with Gasteiger partial charge in [0, 0.05) is 13.1 Å². The fourth-order valence-corrected chi connectivity index (χ4v) is 3.61. The van der Waals surface area contributed by atoms with Gasteiger partial charge in [-0.15, -0.1) is 10.2 Å². The lowest BCUT2D eigenvalue weighted by Crippen LogP contribution is -2.47. The Hall–Kier alpha value is -2.03. The number of aromatic nitrogens is 2. The van der Waals surface area contributed by atoms with Crippen molar-refractivity contribution < 1.29 is 14.3 Å². The van der Waals surface area contributed by atoms with Crippen molar-refractivity contribution in [2.24, 2.45) is 0 Å². The first kappa shape index (κ1) is 19.7. The van der Waals surface area contributed by atoms with Crippen molar-refractivity contribution in [1.29, 1.82) is 0 Å². The Morgan fingerprint density at radius 2 is 2.00 bits per heavy atom. The van der Waals surface area contributed by atoms with E-state index in [4.69, 9.17) is 9.47 Å². The predicted octanol–water partition coefficient (Wildman–Crippen LogP) is 2.95. The minimum Gasteiger partial charge on any atom is -0.483 e. The molecule has 2 aromatic rings. The fourth-order valence-electron chi connectivity index (χ4n) is 2.88. The molecule has 0 radical (unpaired) electrons. The molecular formula is C19H26N4O3S. The van der Waals surface area contributed by atoms with Crippen LogP contribution in [0.3, 0.4) is 0 Å². The molecule has 1 fully saturated rings. The van der Waals surface area contributed by atoms with E-state index in [9.17, 15) is 4.79 Å². The van der Waals surface area contributed by atoms with Crippen molar-refractivity contribution in [2.75, 3.05) is 31.6 Å². The third kappa shape index (κ3) is 4.82. The standard InChI is InChI=1S/C19H26N4O3S/c1-12-6-5-7-16(13(12)2)26-15(4)18-21-22-19(27-18)20-17(24)14(3)23-8-10-25-11-9-23/h5-7,14-15H,8-11H2,1-4H3,(H,20,22,24). The molecule has 2 heterocycles. The van der Waals surface area contributed by atoms with E-state index in [2.05, 4.69) is 33.4 Å². The van der Waals surface area contributed by atoms with Crippen LogP contribution >= 0.6 is 11.3 Å². The minimum absolute atomic E-state index is 0.0808. The van der Waals surface area contributed by atoms with Crippen LogP contribution < -0.4 is 10.1 Å². The second kappa shape index (κ2) is 8.77. The maximum Gasteiger partial charge on any atom is 0.243 e. The Kier molecular flexibility index (Phi) is 6.41. The van der Waals surface area contributed by atoms with Gasteiger partial charge < -0.3 is 9.47 Å². The van der Waals surface area contributed by atoms with Gasteiger partial charge in [-0.1, -0.05) is 23.5 Å². The lowest BCUT2D eigenvalue weighted by atomic mass is 10.1. The van der Waals surface area contributed by atoms with Gasteiger partial charge in [-0.05, 0) is 44.9 Å². The van der Waals surface area contributed by atoms with E-state index in [1.54, 1.807) is 0 Å². The molecule has 1 amide bonds. The summed E-state index contributed by atoms with van der Waals surface area (Å²) in [7, 11) is 0. The van der Waals surface area contributed by atoms with E-state index in [0.717, 1.165) is 29.4 Å². The number of amides is 1. The van der Waals surface area contributed by atoms with Crippen molar-refractivity contribution in [3.8, 4) is 5.75 Å². The Morgan fingerprint density at radius 1 is 1.26 bits per heavy atom. The van der Waals surface area contributed by atoms with Crippen molar-refractivity contribution >= 4 is 22.4 Å². The van der Waals surface area contributed by atoms with Gasteiger partial charge in [-0.2, -0.15) is 0 Å². The average molecular weight is 391 g/mol. The Morgan fingerprint density at radius 3 is 2.74 bits per heavy atom. The number of anilines is 1. The van der Waals surface area contributed by atoms with Crippen LogP contribution in [0.2, 0.25) is 0 Å². The zero-order chi connectivity index (χ0) is 19.4. The van der Waals surface area contributed by atoms with E-state index < -0.39 is 0 Å². The van der Waals surface area contributed by atoms with Crippen molar-refractivity contribution in [1.82, 2.24) is 15.1 Å². The highest BCUT2D eigenvalue weighted by Crippen LogP contribution is 2.29. The normalized spacial score (nSPS) is 17.3. The number of benzene rings is 1. The quantitative estimate of drug-likeness (QED) is 0.817. The Labute approximate surface area is 163 Å². The van der Waals surface area contributed by atoms with Crippen LogP contribution in [-0.2, 0) is 9.53 Å². The second-order valence-electron chi connectivity index (χ2n) is 6.72. The molecule has 0 saturated carbocycles. The molecule has 1 aliphatic rings. The molecule has 27 heavy (non-hydrogen) atoms. The predicted molar refractivity (Wildman–Crippen MR) is 105 cm³/mol. The number of rotatable bonds is 6. The molecule has 1 saturated heterocycles. The smallest absolute Gasteiger partial charge is 0.243 e. The summed E-state index contributed by atoms with van der Waals surface area (Å²) >= 11 is 1.34. The zero-order valence-corrected chi connectivity index (χ0v) is 17.0. The molecule has 2 atom stereocenters. The molecule has 0 bridgehead atoms. The summed E-state index contributed by atoms with van der Waals surface area (Å²) in [5.74, 6) is 0.756. The molecule has 3 rings (SSSR count). The lowest BCUT2D eigenvalue weighted by molar-refractivity contribution is -0.122. The van der Waals surface area contributed by atoms with Crippen LogP contribution in [0.25, 0.3) is 0 Å². The maximum absolute atomic E-state index is 12.5. The van der Waals surface area contributed by atoms with Crippen LogP contribution in [0.1, 0.15) is 36.1 Å². The van der Waals surface area contributed by atoms with Gasteiger partial charge in [-0.3, -0.25) is 15.0 Å². The number of nitrogens with zero attached hydrogens (tertiary/aromatic N) is 3. The van der Waals surface area contributed by atoms with E-state index in [1.165, 1.54) is 16.9 Å². The second-order valence-corrected chi connectivity index (χ2v) is 7.73. The average Bonchev–Trinajstić information content (AvgIpc) is 3.14. The number of hydrogen-bond acceptors (Lipinski definition) is 7. The first-order chi connectivity index (χ1) is 13.0. The molecule has 2 unspecified atom stereocenters. The summed E-state index contributed by atoms with van der Waals surface area (Å²) in [6, 6.07) is 5.75. The van der Waals surface area contributed by atoms with Gasteiger partial charge in [0.05, 0.1) is 19.3 Å². The lowest BCUT2D eigenvalue weighted by Gasteiger charge is -2.31. The fraction of sp³-hybridized carbons (Fsp3) is 0.526. The first-order valence-electron chi connectivity index (χ1n) is 9.14. The van der Waals surface area contributed by atoms with Crippen molar-refractivity contribution in [3.63, 3.8) is 0 Å². The maximum atomic E-state index is 12.5. The minimum atomic E-state index is -0.245. The molecule has 7 nitrogen and oxygen atoms in total. The number of ether oxygens (including phenoxy) is 2. The summed E-state index contributed by atoms with van der Waals surface area (Å²) in [6.07, 6.45) is -0.245. The Balaban J connectivity index is 1.60. The van der Waals surface area contributed by atoms with Gasteiger partial charge >= 0.3 is 0 Å². The van der Waals surface area contributed by atoms with Crippen LogP contribution in [0, 0.1) is 13.8 Å². The summed E-state index contributed by atoms with van der Waals surface area (Å²) in [5.41, 5.74) is 2.30. The number of nitrogens with one attached hydrogen (secondary N) is 1. The van der Waals surface area contributed by atoms with Crippen molar-refractivity contribution in [2.45, 2.75) is 39.8 Å². The van der Waals surface area contributed by atoms with Gasteiger partial charge in [0.2, 0.25) is 11.0 Å². The third-order valence-corrected chi connectivity index (χ3v) is 5.85. The van der Waals surface area contributed by atoms with Gasteiger partial charge in [0.1, 0.15) is 11.9 Å². The molecule has 1 aromatic carbocycles. The van der Waals surface area contributed by atoms with E-state index in [1.807, 2.05) is 32.9 Å². The molecule has 1 aliphatic heterocycles.